The molecule has 1 fully saturated rings. The highest BCUT2D eigenvalue weighted by molar-refractivity contribution is 5.81. The Morgan fingerprint density at radius 1 is 1.69 bits per heavy atom. The van der Waals surface area contributed by atoms with E-state index in [1.165, 1.54) is 7.11 Å². The molecular weight excluding hydrogens is 204 g/mol. The van der Waals surface area contributed by atoms with E-state index in [0.717, 1.165) is 17.6 Å². The quantitative estimate of drug-likeness (QED) is 0.587. The Balaban J connectivity index is 3.01. The normalized spacial score (nSPS) is 29.2. The van der Waals surface area contributed by atoms with Crippen LogP contribution in [0, 0.1) is 11.3 Å². The van der Waals surface area contributed by atoms with Gasteiger partial charge in [-0.25, -0.2) is 0 Å². The fourth-order valence-corrected chi connectivity index (χ4v) is 2.61. The van der Waals surface area contributed by atoms with Crippen molar-refractivity contribution in [1.82, 2.24) is 0 Å². The third-order valence-electron chi connectivity index (χ3n) is 3.60. The summed E-state index contributed by atoms with van der Waals surface area (Å²) in [4.78, 5) is 11.9. The highest BCUT2D eigenvalue weighted by atomic mass is 16.5. The van der Waals surface area contributed by atoms with Crippen LogP contribution in [-0.2, 0) is 9.53 Å². The molecule has 0 spiro atoms. The number of ether oxygens (including phenoxy) is 1. The lowest BCUT2D eigenvalue weighted by Crippen LogP contribution is -2.32. The summed E-state index contributed by atoms with van der Waals surface area (Å²) in [6.45, 7) is 9.86. The van der Waals surface area contributed by atoms with Crippen LogP contribution < -0.4 is 0 Å². The molecule has 2 unspecified atom stereocenters. The van der Waals surface area contributed by atoms with E-state index in [9.17, 15) is 4.79 Å². The van der Waals surface area contributed by atoms with E-state index in [1.807, 2.05) is 6.92 Å². The van der Waals surface area contributed by atoms with Crippen LogP contribution in [0.25, 0.3) is 0 Å². The molecule has 0 aromatic carbocycles. The zero-order chi connectivity index (χ0) is 12.3. The van der Waals surface area contributed by atoms with Crippen LogP contribution in [0.1, 0.15) is 26.2 Å². The van der Waals surface area contributed by atoms with Crippen molar-refractivity contribution < 1.29 is 14.6 Å². The summed E-state index contributed by atoms with van der Waals surface area (Å²) < 4.78 is 4.85. The van der Waals surface area contributed by atoms with E-state index in [-0.39, 0.29) is 18.5 Å². The summed E-state index contributed by atoms with van der Waals surface area (Å²) in [5, 5.41) is 9.11. The van der Waals surface area contributed by atoms with Gasteiger partial charge in [0.15, 0.2) is 0 Å². The zero-order valence-electron chi connectivity index (χ0n) is 10.1. The molecule has 0 aromatic heterocycles. The first-order chi connectivity index (χ1) is 7.49. The molecule has 90 valence electrons. The third-order valence-corrected chi connectivity index (χ3v) is 3.60. The van der Waals surface area contributed by atoms with Gasteiger partial charge in [-0.15, -0.1) is 0 Å². The molecule has 16 heavy (non-hydrogen) atoms. The van der Waals surface area contributed by atoms with Gasteiger partial charge in [-0.3, -0.25) is 4.79 Å². The smallest absolute Gasteiger partial charge is 0.316 e. The SMILES string of the molecule is C=C(C)C1CCC(CCO)(C(=O)OC)C1=C. The fourth-order valence-electron chi connectivity index (χ4n) is 2.61. The van der Waals surface area contributed by atoms with Crippen LogP contribution in [0.3, 0.4) is 0 Å². The van der Waals surface area contributed by atoms with E-state index < -0.39 is 5.41 Å². The third kappa shape index (κ3) is 1.92. The lowest BCUT2D eigenvalue weighted by Gasteiger charge is -2.28. The summed E-state index contributed by atoms with van der Waals surface area (Å²) in [6, 6.07) is 0. The Bertz CT molecular complexity index is 319. The predicted octanol–water partition coefficient (Wildman–Crippen LogP) is 2.07. The lowest BCUT2D eigenvalue weighted by molar-refractivity contribution is -0.151. The number of aliphatic hydroxyl groups excluding tert-OH is 1. The highest BCUT2D eigenvalue weighted by Crippen LogP contribution is 2.50. The van der Waals surface area contributed by atoms with Gasteiger partial charge in [0.2, 0.25) is 0 Å². The van der Waals surface area contributed by atoms with Crippen molar-refractivity contribution in [1.29, 1.82) is 0 Å². The Morgan fingerprint density at radius 2 is 2.31 bits per heavy atom. The standard InChI is InChI=1S/C13H20O3/c1-9(2)11-5-6-13(7-8-14,10(11)3)12(15)16-4/h11,14H,1,3,5-8H2,2,4H3. The van der Waals surface area contributed by atoms with Gasteiger partial charge >= 0.3 is 5.97 Å². The average Bonchev–Trinajstić information content (AvgIpc) is 2.57. The molecule has 0 radical (unpaired) electrons. The minimum atomic E-state index is -0.701. The first-order valence-corrected chi connectivity index (χ1v) is 5.53. The molecular formula is C13H20O3. The molecule has 3 heteroatoms. The van der Waals surface area contributed by atoms with Crippen molar-refractivity contribution >= 4 is 5.97 Å². The maximum absolute atomic E-state index is 11.9. The number of carbonyl (C=O) groups is 1. The number of hydrogen-bond acceptors (Lipinski definition) is 3. The average molecular weight is 224 g/mol. The monoisotopic (exact) mass is 224 g/mol. The number of allylic oxidation sites excluding steroid dienone is 1. The Morgan fingerprint density at radius 3 is 2.69 bits per heavy atom. The fraction of sp³-hybridized carbons (Fsp3) is 0.615. The maximum atomic E-state index is 11.9. The minimum Gasteiger partial charge on any atom is -0.468 e. The summed E-state index contributed by atoms with van der Waals surface area (Å²) in [5.74, 6) is -0.110. The first kappa shape index (κ1) is 13.0. The molecule has 0 bridgehead atoms. The summed E-state index contributed by atoms with van der Waals surface area (Å²) >= 11 is 0. The molecule has 2 atom stereocenters. The zero-order valence-corrected chi connectivity index (χ0v) is 10.1. The Kier molecular flexibility index (Phi) is 3.92. The molecule has 1 aliphatic rings. The van der Waals surface area contributed by atoms with Gasteiger partial charge in [-0.1, -0.05) is 24.3 Å². The number of aliphatic hydroxyl groups is 1. The van der Waals surface area contributed by atoms with Crippen molar-refractivity contribution in [2.75, 3.05) is 13.7 Å². The molecule has 0 amide bonds. The van der Waals surface area contributed by atoms with Crippen molar-refractivity contribution in [2.24, 2.45) is 11.3 Å². The number of rotatable bonds is 4. The largest absolute Gasteiger partial charge is 0.468 e. The first-order valence-electron chi connectivity index (χ1n) is 5.53. The van der Waals surface area contributed by atoms with Gasteiger partial charge < -0.3 is 9.84 Å². The van der Waals surface area contributed by atoms with E-state index in [4.69, 9.17) is 9.84 Å². The molecule has 1 aliphatic carbocycles. The van der Waals surface area contributed by atoms with Gasteiger partial charge in [0.1, 0.15) is 0 Å². The molecule has 3 nitrogen and oxygen atoms in total. The summed E-state index contributed by atoms with van der Waals surface area (Å²) in [7, 11) is 1.38. The Hall–Kier alpha value is -1.09. The van der Waals surface area contributed by atoms with Crippen LogP contribution in [0.15, 0.2) is 24.3 Å². The van der Waals surface area contributed by atoms with E-state index in [0.29, 0.717) is 12.8 Å². The van der Waals surface area contributed by atoms with E-state index >= 15 is 0 Å². The molecule has 0 heterocycles. The van der Waals surface area contributed by atoms with Gasteiger partial charge in [-0.2, -0.15) is 0 Å². The molecule has 1 saturated carbocycles. The topological polar surface area (TPSA) is 46.5 Å². The molecule has 0 aromatic rings. The number of methoxy groups -OCH3 is 1. The lowest BCUT2D eigenvalue weighted by atomic mass is 9.77. The van der Waals surface area contributed by atoms with Crippen LogP contribution in [0.2, 0.25) is 0 Å². The number of carbonyl (C=O) groups excluding carboxylic acids is 1. The van der Waals surface area contributed by atoms with Gasteiger partial charge in [0.25, 0.3) is 0 Å². The molecule has 1 N–H and O–H groups in total. The van der Waals surface area contributed by atoms with E-state index in [2.05, 4.69) is 13.2 Å². The summed E-state index contributed by atoms with van der Waals surface area (Å²) in [5.41, 5.74) is 1.17. The van der Waals surface area contributed by atoms with Crippen molar-refractivity contribution in [2.45, 2.75) is 26.2 Å². The molecule has 1 rings (SSSR count). The predicted molar refractivity (Wildman–Crippen MR) is 62.8 cm³/mol. The van der Waals surface area contributed by atoms with Gasteiger partial charge in [0.05, 0.1) is 12.5 Å². The highest BCUT2D eigenvalue weighted by Gasteiger charge is 2.48. The maximum Gasteiger partial charge on any atom is 0.316 e. The van der Waals surface area contributed by atoms with Crippen molar-refractivity contribution in [3.05, 3.63) is 24.3 Å². The Labute approximate surface area is 96.8 Å². The second kappa shape index (κ2) is 4.83. The second-order valence-electron chi connectivity index (χ2n) is 4.51. The number of esters is 1. The van der Waals surface area contributed by atoms with Crippen LogP contribution in [0.4, 0.5) is 0 Å². The van der Waals surface area contributed by atoms with Crippen molar-refractivity contribution in [3.8, 4) is 0 Å². The van der Waals surface area contributed by atoms with E-state index in [1.54, 1.807) is 0 Å². The van der Waals surface area contributed by atoms with Gasteiger partial charge in [-0.05, 0) is 26.2 Å². The van der Waals surface area contributed by atoms with Gasteiger partial charge in [0, 0.05) is 12.5 Å². The molecule has 0 saturated heterocycles. The number of hydrogen-bond donors (Lipinski definition) is 1. The van der Waals surface area contributed by atoms with Crippen LogP contribution in [0.5, 0.6) is 0 Å². The van der Waals surface area contributed by atoms with Crippen molar-refractivity contribution in [3.63, 3.8) is 0 Å². The summed E-state index contributed by atoms with van der Waals surface area (Å²) in [6.07, 6.45) is 1.95. The second-order valence-corrected chi connectivity index (χ2v) is 4.51. The molecule has 0 aliphatic heterocycles. The minimum absolute atomic E-state index is 0.0307. The van der Waals surface area contributed by atoms with Crippen LogP contribution >= 0.6 is 0 Å². The van der Waals surface area contributed by atoms with Crippen LogP contribution in [-0.4, -0.2) is 24.8 Å².